The zero-order valence-electron chi connectivity index (χ0n) is 16.5. The second-order valence-corrected chi connectivity index (χ2v) is 7.82. The van der Waals surface area contributed by atoms with E-state index >= 15 is 0 Å². The van der Waals surface area contributed by atoms with Gasteiger partial charge in [-0.25, -0.2) is 14.2 Å². The summed E-state index contributed by atoms with van der Waals surface area (Å²) in [6.45, 7) is 0. The first-order valence-corrected chi connectivity index (χ1v) is 10.1. The Kier molecular flexibility index (Phi) is 4.62. The van der Waals surface area contributed by atoms with Crippen molar-refractivity contribution in [3.8, 4) is 0 Å². The van der Waals surface area contributed by atoms with Crippen LogP contribution < -0.4 is 5.56 Å². The number of hydrogen-bond acceptors (Lipinski definition) is 4. The van der Waals surface area contributed by atoms with Crippen LogP contribution in [-0.2, 0) is 10.2 Å². The van der Waals surface area contributed by atoms with Crippen LogP contribution in [0.2, 0.25) is 0 Å². The summed E-state index contributed by atoms with van der Waals surface area (Å²) in [5.41, 5.74) is 0.996. The summed E-state index contributed by atoms with van der Waals surface area (Å²) in [4.78, 5) is 32.8. The normalized spacial score (nSPS) is 20.2. The number of esters is 1. The van der Waals surface area contributed by atoms with Crippen LogP contribution in [0.1, 0.15) is 34.6 Å². The first-order valence-electron chi connectivity index (χ1n) is 10.1. The van der Waals surface area contributed by atoms with Gasteiger partial charge in [0.25, 0.3) is 5.56 Å². The summed E-state index contributed by atoms with van der Waals surface area (Å²) in [6.07, 6.45) is 0.547. The molecule has 1 fully saturated rings. The Bertz CT molecular complexity index is 1310. The highest BCUT2D eigenvalue weighted by molar-refractivity contribution is 5.89. The van der Waals surface area contributed by atoms with Gasteiger partial charge >= 0.3 is 5.97 Å². The summed E-state index contributed by atoms with van der Waals surface area (Å²) in [5, 5.41) is 0.506. The fourth-order valence-electron chi connectivity index (χ4n) is 4.24. The van der Waals surface area contributed by atoms with Crippen molar-refractivity contribution in [3.63, 3.8) is 0 Å². The lowest BCUT2D eigenvalue weighted by molar-refractivity contribution is -0.0152. The molecule has 0 amide bonds. The Balaban J connectivity index is 1.50. The second-order valence-electron chi connectivity index (χ2n) is 7.82. The molecule has 1 aliphatic rings. The van der Waals surface area contributed by atoms with Crippen molar-refractivity contribution in [2.75, 3.05) is 0 Å². The lowest BCUT2D eigenvalue weighted by Gasteiger charge is -2.46. The average Bonchev–Trinajstić information content (AvgIpc) is 2.77. The molecule has 6 heteroatoms. The molecule has 0 atom stereocenters. The van der Waals surface area contributed by atoms with E-state index in [0.29, 0.717) is 35.1 Å². The van der Waals surface area contributed by atoms with E-state index in [1.807, 2.05) is 12.1 Å². The molecule has 0 radical (unpaired) electrons. The Morgan fingerprint density at radius 3 is 2.39 bits per heavy atom. The van der Waals surface area contributed by atoms with E-state index < -0.39 is 11.4 Å². The second kappa shape index (κ2) is 7.47. The molecule has 1 saturated carbocycles. The molecular formula is C25H19FN2O3. The number of nitrogens with zero attached hydrogens (tertiary/aromatic N) is 1. The number of benzene rings is 3. The molecule has 3 aromatic carbocycles. The van der Waals surface area contributed by atoms with Gasteiger partial charge in [0.15, 0.2) is 0 Å². The SMILES string of the molecule is O=C(OC1CC(c2ccc(F)cc2)(c2nc3ccccc3c(=O)[nH]2)C1)c1ccccc1. The number of hydrogen-bond donors (Lipinski definition) is 1. The summed E-state index contributed by atoms with van der Waals surface area (Å²) >= 11 is 0. The van der Waals surface area contributed by atoms with Crippen molar-refractivity contribution in [2.45, 2.75) is 24.4 Å². The fraction of sp³-hybridized carbons (Fsp3) is 0.160. The molecule has 154 valence electrons. The number of nitrogens with one attached hydrogen (secondary N) is 1. The van der Waals surface area contributed by atoms with Gasteiger partial charge in [0.05, 0.1) is 21.9 Å². The van der Waals surface area contributed by atoms with Crippen LogP contribution in [-0.4, -0.2) is 22.0 Å². The lowest BCUT2D eigenvalue weighted by atomic mass is 9.62. The minimum Gasteiger partial charge on any atom is -0.459 e. The molecule has 5 nitrogen and oxygen atoms in total. The first-order chi connectivity index (χ1) is 15.0. The van der Waals surface area contributed by atoms with E-state index in [1.165, 1.54) is 12.1 Å². The van der Waals surface area contributed by atoms with Crippen molar-refractivity contribution >= 4 is 16.9 Å². The van der Waals surface area contributed by atoms with Gasteiger partial charge in [0, 0.05) is 12.8 Å². The third-order valence-electron chi connectivity index (χ3n) is 5.90. The van der Waals surface area contributed by atoms with Crippen molar-refractivity contribution in [2.24, 2.45) is 0 Å². The third kappa shape index (κ3) is 3.40. The molecule has 0 bridgehead atoms. The van der Waals surface area contributed by atoms with Crippen molar-refractivity contribution in [3.05, 3.63) is 112 Å². The average molecular weight is 414 g/mol. The highest BCUT2D eigenvalue weighted by Gasteiger charge is 2.51. The quantitative estimate of drug-likeness (QED) is 0.504. The highest BCUT2D eigenvalue weighted by atomic mass is 19.1. The van der Waals surface area contributed by atoms with E-state index in [1.54, 1.807) is 54.6 Å². The zero-order chi connectivity index (χ0) is 21.4. The molecule has 1 aliphatic carbocycles. The number of carbonyl (C=O) groups is 1. The lowest BCUT2D eigenvalue weighted by Crippen LogP contribution is -2.49. The van der Waals surface area contributed by atoms with Crippen LogP contribution in [0.3, 0.4) is 0 Å². The van der Waals surface area contributed by atoms with Gasteiger partial charge in [0.2, 0.25) is 0 Å². The minimum atomic E-state index is -0.668. The molecule has 0 unspecified atom stereocenters. The maximum atomic E-state index is 13.6. The number of ether oxygens (including phenoxy) is 1. The van der Waals surface area contributed by atoms with Crippen molar-refractivity contribution < 1.29 is 13.9 Å². The Hall–Kier alpha value is -3.80. The summed E-state index contributed by atoms with van der Waals surface area (Å²) in [5.74, 6) is -0.238. The molecule has 31 heavy (non-hydrogen) atoms. The van der Waals surface area contributed by atoms with Gasteiger partial charge in [0.1, 0.15) is 17.7 Å². The van der Waals surface area contributed by atoms with E-state index in [-0.39, 0.29) is 17.5 Å². The number of aromatic amines is 1. The predicted octanol–water partition coefficient (Wildman–Crippen LogP) is 4.37. The Morgan fingerprint density at radius 2 is 1.65 bits per heavy atom. The molecule has 0 aliphatic heterocycles. The monoisotopic (exact) mass is 414 g/mol. The summed E-state index contributed by atoms with van der Waals surface area (Å²) in [6, 6.07) is 22.1. The van der Waals surface area contributed by atoms with Crippen LogP contribution in [0, 0.1) is 5.82 Å². The number of H-pyrrole nitrogens is 1. The van der Waals surface area contributed by atoms with Gasteiger partial charge < -0.3 is 9.72 Å². The maximum Gasteiger partial charge on any atom is 0.338 e. The van der Waals surface area contributed by atoms with Gasteiger partial charge in [-0.3, -0.25) is 4.79 Å². The van der Waals surface area contributed by atoms with Gasteiger partial charge in [-0.05, 0) is 42.0 Å². The summed E-state index contributed by atoms with van der Waals surface area (Å²) < 4.78 is 19.2. The van der Waals surface area contributed by atoms with Gasteiger partial charge in [-0.1, -0.05) is 42.5 Å². The molecule has 0 saturated heterocycles. The van der Waals surface area contributed by atoms with Gasteiger partial charge in [-0.2, -0.15) is 0 Å². The highest BCUT2D eigenvalue weighted by Crippen LogP contribution is 2.49. The number of para-hydroxylation sites is 1. The number of rotatable bonds is 4. The Morgan fingerprint density at radius 1 is 0.968 bits per heavy atom. The summed E-state index contributed by atoms with van der Waals surface area (Å²) in [7, 11) is 0. The first kappa shape index (κ1) is 19.2. The standard InChI is InChI=1S/C25H19FN2O3/c26-18-12-10-17(11-13-18)25(24-27-21-9-5-4-8-20(21)22(29)28-24)14-19(15-25)31-23(30)16-6-2-1-3-7-16/h1-13,19H,14-15H2,(H,27,28,29). The molecule has 1 N–H and O–H groups in total. The molecule has 4 aromatic rings. The fourth-order valence-corrected chi connectivity index (χ4v) is 4.24. The van der Waals surface area contributed by atoms with E-state index in [9.17, 15) is 14.0 Å². The van der Waals surface area contributed by atoms with Crippen LogP contribution in [0.25, 0.3) is 10.9 Å². The number of carbonyl (C=O) groups excluding carboxylic acids is 1. The number of aromatic nitrogens is 2. The molecule has 1 heterocycles. The molecule has 5 rings (SSSR count). The number of fused-ring (bicyclic) bond motifs is 1. The van der Waals surface area contributed by atoms with Crippen LogP contribution in [0.5, 0.6) is 0 Å². The predicted molar refractivity (Wildman–Crippen MR) is 114 cm³/mol. The minimum absolute atomic E-state index is 0.230. The third-order valence-corrected chi connectivity index (χ3v) is 5.90. The number of halogens is 1. The van der Waals surface area contributed by atoms with Crippen LogP contribution in [0.4, 0.5) is 4.39 Å². The zero-order valence-corrected chi connectivity index (χ0v) is 16.5. The topological polar surface area (TPSA) is 72.0 Å². The van der Waals surface area contributed by atoms with Crippen molar-refractivity contribution in [1.82, 2.24) is 9.97 Å². The van der Waals surface area contributed by atoms with Crippen molar-refractivity contribution in [1.29, 1.82) is 0 Å². The van der Waals surface area contributed by atoms with Gasteiger partial charge in [-0.15, -0.1) is 0 Å². The Labute approximate surface area is 177 Å². The molecular weight excluding hydrogens is 395 g/mol. The largest absolute Gasteiger partial charge is 0.459 e. The molecule has 0 spiro atoms. The van der Waals surface area contributed by atoms with E-state index in [4.69, 9.17) is 9.72 Å². The smallest absolute Gasteiger partial charge is 0.338 e. The van der Waals surface area contributed by atoms with E-state index in [0.717, 1.165) is 5.56 Å². The van der Waals surface area contributed by atoms with Crippen LogP contribution in [0.15, 0.2) is 83.7 Å². The molecule has 1 aromatic heterocycles. The van der Waals surface area contributed by atoms with Crippen LogP contribution >= 0.6 is 0 Å². The maximum absolute atomic E-state index is 13.6. The van der Waals surface area contributed by atoms with E-state index in [2.05, 4.69) is 4.98 Å².